The zero-order valence-electron chi connectivity index (χ0n) is 39.3. The molecule has 0 unspecified atom stereocenters. The molecule has 64 heavy (non-hydrogen) atoms. The van der Waals surface area contributed by atoms with Crippen molar-refractivity contribution < 1.29 is 5.11 Å². The third kappa shape index (κ3) is 10.0. The normalized spacial score (nSPS) is 18.0. The van der Waals surface area contributed by atoms with Crippen LogP contribution in [0.3, 0.4) is 0 Å². The molecular weight excluding hydrogens is 797 g/mol. The minimum absolute atomic E-state index is 0.0501. The Hall–Kier alpha value is -6.05. The zero-order valence-corrected chi connectivity index (χ0v) is 39.3. The second-order valence-electron chi connectivity index (χ2n) is 20.5. The number of piperidine rings is 2. The van der Waals surface area contributed by atoms with E-state index >= 15 is 0 Å². The average molecular weight is 861 g/mol. The number of nitrogens with one attached hydrogen (secondary N) is 2. The monoisotopic (exact) mass is 861 g/mol. The highest BCUT2D eigenvalue weighted by Gasteiger charge is 2.40. The molecule has 3 N–H and O–H groups in total. The van der Waals surface area contributed by atoms with Crippen molar-refractivity contribution in [2.75, 3.05) is 23.9 Å². The summed E-state index contributed by atoms with van der Waals surface area (Å²) in [5, 5.41) is 38.3. The molecule has 0 saturated carbocycles. The predicted octanol–water partition coefficient (Wildman–Crippen LogP) is 9.33. The Balaban J connectivity index is 0.000000176. The van der Waals surface area contributed by atoms with E-state index in [-0.39, 0.29) is 27.9 Å². The second kappa shape index (κ2) is 17.2. The number of aromatic hydroxyl groups is 1. The lowest BCUT2D eigenvalue weighted by Gasteiger charge is -2.49. The summed E-state index contributed by atoms with van der Waals surface area (Å²) in [5.74, 6) is 1.88. The second-order valence-corrected chi connectivity index (χ2v) is 20.5. The standard InChI is InChI=1S/C26H31N7O.C25H33N5/c1-25(2)13-19(14-26(3,4)31-25)32(5)24-7-6-21(29-30-24)20-11-17-10-18(33-9-8-27-16-33)15-28-22(17)12-23(20)34;1-7-17-12-19-13-18(8-9-21(19)26-16-17)22-10-11-23(28-27-22)30(6)20-14-24(2,3)29-25(4,5)15-20/h6-12,15-16,19,31,34H,13-14H2,1-5H3;8-13,16,20,29H,7,14-15H2,1-6H3. The maximum atomic E-state index is 10.7. The molecule has 7 heterocycles. The number of phenols is 1. The molecule has 2 aliphatic heterocycles. The molecule has 13 nitrogen and oxygen atoms in total. The van der Waals surface area contributed by atoms with E-state index in [4.69, 9.17) is 0 Å². The van der Waals surface area contributed by atoms with Gasteiger partial charge in [0.2, 0.25) is 0 Å². The number of pyridine rings is 2. The van der Waals surface area contributed by atoms with Crippen LogP contribution in [0.1, 0.15) is 93.6 Å². The van der Waals surface area contributed by atoms with E-state index in [2.05, 4.69) is 169 Å². The molecule has 9 rings (SSSR count). The fraction of sp³-hybridized carbons (Fsp3) is 0.431. The van der Waals surface area contributed by atoms with Crippen molar-refractivity contribution >= 4 is 33.4 Å². The Morgan fingerprint density at radius 1 is 0.641 bits per heavy atom. The van der Waals surface area contributed by atoms with Gasteiger partial charge in [-0.05, 0) is 148 Å². The lowest BCUT2D eigenvalue weighted by molar-refractivity contribution is 0.160. The molecule has 2 saturated heterocycles. The van der Waals surface area contributed by atoms with E-state index < -0.39 is 0 Å². The molecule has 13 heteroatoms. The Kier molecular flexibility index (Phi) is 11.9. The zero-order chi connectivity index (χ0) is 45.6. The number of aromatic nitrogens is 8. The Labute approximate surface area is 377 Å². The third-order valence-corrected chi connectivity index (χ3v) is 12.8. The number of benzene rings is 2. The van der Waals surface area contributed by atoms with Crippen LogP contribution in [0.5, 0.6) is 5.75 Å². The summed E-state index contributed by atoms with van der Waals surface area (Å²) in [6.07, 6.45) is 14.2. The van der Waals surface area contributed by atoms with E-state index in [1.807, 2.05) is 41.2 Å². The van der Waals surface area contributed by atoms with E-state index in [0.717, 1.165) is 77.0 Å². The highest BCUT2D eigenvalue weighted by Crippen LogP contribution is 2.36. The first-order valence-electron chi connectivity index (χ1n) is 22.5. The average Bonchev–Trinajstić information content (AvgIpc) is 3.79. The van der Waals surface area contributed by atoms with Gasteiger partial charge in [-0.1, -0.05) is 13.0 Å². The number of aryl methyl sites for hydroxylation is 1. The van der Waals surface area contributed by atoms with Gasteiger partial charge in [0.15, 0.2) is 11.6 Å². The summed E-state index contributed by atoms with van der Waals surface area (Å²) in [5.41, 5.74) is 7.39. The molecule has 0 radical (unpaired) electrons. The maximum absolute atomic E-state index is 10.7. The number of rotatable bonds is 8. The molecule has 2 aromatic carbocycles. The molecule has 334 valence electrons. The van der Waals surface area contributed by atoms with Gasteiger partial charge in [-0.2, -0.15) is 0 Å². The van der Waals surface area contributed by atoms with Gasteiger partial charge in [0.1, 0.15) is 5.75 Å². The Morgan fingerprint density at radius 2 is 1.20 bits per heavy atom. The molecule has 0 amide bonds. The number of fused-ring (bicyclic) bond motifs is 2. The van der Waals surface area contributed by atoms with Gasteiger partial charge in [0.25, 0.3) is 0 Å². The van der Waals surface area contributed by atoms with Crippen LogP contribution in [0.2, 0.25) is 0 Å². The number of imidazole rings is 1. The molecular formula is C51H64N12O. The van der Waals surface area contributed by atoms with Gasteiger partial charge in [0, 0.05) is 94.9 Å². The SMILES string of the molecule is CCc1cnc2ccc(-c3ccc(N(C)C4CC(C)(C)NC(C)(C)C4)nn3)cc2c1.CN(c1ccc(-c2cc3cc(-n4ccnc4)cnc3cc2O)nn1)C1CC(C)(C)NC(C)(C)C1. The van der Waals surface area contributed by atoms with Crippen molar-refractivity contribution in [1.29, 1.82) is 0 Å². The van der Waals surface area contributed by atoms with Gasteiger partial charge in [0.05, 0.1) is 40.6 Å². The first kappa shape index (κ1) is 44.6. The molecule has 0 atom stereocenters. The summed E-state index contributed by atoms with van der Waals surface area (Å²) in [7, 11) is 4.22. The van der Waals surface area contributed by atoms with Crippen molar-refractivity contribution in [3.05, 3.63) is 103 Å². The fourth-order valence-electron chi connectivity index (χ4n) is 10.2. The van der Waals surface area contributed by atoms with Crippen LogP contribution < -0.4 is 20.4 Å². The molecule has 2 fully saturated rings. The molecule has 5 aromatic heterocycles. The van der Waals surface area contributed by atoms with Crippen LogP contribution in [0.4, 0.5) is 11.6 Å². The van der Waals surface area contributed by atoms with Crippen LogP contribution in [0.25, 0.3) is 50.0 Å². The van der Waals surface area contributed by atoms with Gasteiger partial charge in [-0.25, -0.2) is 4.98 Å². The van der Waals surface area contributed by atoms with Gasteiger partial charge in [-0.3, -0.25) is 9.97 Å². The molecule has 7 aromatic rings. The topological polar surface area (TPSA) is 146 Å². The van der Waals surface area contributed by atoms with Crippen molar-refractivity contribution in [2.45, 2.75) is 129 Å². The summed E-state index contributed by atoms with van der Waals surface area (Å²) < 4.78 is 1.90. The van der Waals surface area contributed by atoms with E-state index in [1.54, 1.807) is 24.8 Å². The van der Waals surface area contributed by atoms with Crippen LogP contribution in [0, 0.1) is 0 Å². The van der Waals surface area contributed by atoms with Crippen LogP contribution in [-0.2, 0) is 6.42 Å². The van der Waals surface area contributed by atoms with Crippen LogP contribution in [-0.4, -0.2) is 93.4 Å². The van der Waals surface area contributed by atoms with Crippen LogP contribution in [0.15, 0.2) is 97.8 Å². The van der Waals surface area contributed by atoms with Gasteiger partial charge >= 0.3 is 0 Å². The first-order valence-corrected chi connectivity index (χ1v) is 22.5. The lowest BCUT2D eigenvalue weighted by atomic mass is 9.79. The molecule has 0 spiro atoms. The fourth-order valence-corrected chi connectivity index (χ4v) is 10.2. The number of phenolic OH excluding ortho intramolecular Hbond substituents is 1. The highest BCUT2D eigenvalue weighted by molar-refractivity contribution is 5.88. The predicted molar refractivity (Wildman–Crippen MR) is 259 cm³/mol. The largest absolute Gasteiger partial charge is 0.507 e. The van der Waals surface area contributed by atoms with E-state index in [1.165, 1.54) is 5.56 Å². The lowest BCUT2D eigenvalue weighted by Crippen LogP contribution is -2.62. The van der Waals surface area contributed by atoms with E-state index in [0.29, 0.717) is 28.9 Å². The minimum atomic E-state index is 0.0501. The number of nitrogens with zero attached hydrogens (tertiary/aromatic N) is 10. The molecule has 2 aliphatic rings. The summed E-state index contributed by atoms with van der Waals surface area (Å²) in [6.45, 7) is 20.3. The highest BCUT2D eigenvalue weighted by atomic mass is 16.3. The minimum Gasteiger partial charge on any atom is -0.507 e. The van der Waals surface area contributed by atoms with Crippen molar-refractivity contribution in [3.8, 4) is 34.0 Å². The van der Waals surface area contributed by atoms with Gasteiger partial charge < -0.3 is 30.1 Å². The van der Waals surface area contributed by atoms with Crippen molar-refractivity contribution in [2.24, 2.45) is 0 Å². The van der Waals surface area contributed by atoms with Crippen LogP contribution >= 0.6 is 0 Å². The van der Waals surface area contributed by atoms with Gasteiger partial charge in [-0.15, -0.1) is 20.4 Å². The number of hydrogen-bond acceptors (Lipinski definition) is 12. The quantitative estimate of drug-likeness (QED) is 0.134. The summed E-state index contributed by atoms with van der Waals surface area (Å²) in [4.78, 5) is 17.7. The third-order valence-electron chi connectivity index (χ3n) is 12.8. The Bertz CT molecular complexity index is 2700. The summed E-state index contributed by atoms with van der Waals surface area (Å²) in [6, 6.07) is 23.0. The number of hydrogen-bond donors (Lipinski definition) is 3. The maximum Gasteiger partial charge on any atom is 0.151 e. The van der Waals surface area contributed by atoms with Crippen molar-refractivity contribution in [3.63, 3.8) is 0 Å². The smallest absolute Gasteiger partial charge is 0.151 e. The van der Waals surface area contributed by atoms with Crippen molar-refractivity contribution in [1.82, 2.24) is 50.5 Å². The first-order chi connectivity index (χ1) is 30.3. The Morgan fingerprint density at radius 3 is 1.73 bits per heavy atom. The van der Waals surface area contributed by atoms with E-state index in [9.17, 15) is 5.11 Å². The molecule has 0 bridgehead atoms. The molecule has 0 aliphatic carbocycles. The summed E-state index contributed by atoms with van der Waals surface area (Å²) >= 11 is 0. The number of anilines is 2.